The van der Waals surface area contributed by atoms with Gasteiger partial charge in [-0.2, -0.15) is 0 Å². The van der Waals surface area contributed by atoms with Crippen LogP contribution < -0.4 is 4.74 Å². The maximum atomic E-state index is 11.1. The summed E-state index contributed by atoms with van der Waals surface area (Å²) in [6.07, 6.45) is -0.888. The van der Waals surface area contributed by atoms with Crippen LogP contribution in [0.5, 0.6) is 5.75 Å². The van der Waals surface area contributed by atoms with Crippen LogP contribution in [0.15, 0.2) is 17.8 Å². The Morgan fingerprint density at radius 3 is 2.04 bits per heavy atom. The standard InChI is InChI=1S/C10H4Cl3N3O7/c11-10(12,13)9-7(16(21)22)2-4-1-5(14(17)18)3-6(15(19)20)8(4)23-9/h1-3,9H. The Kier molecular flexibility index (Phi) is 4.33. The number of non-ortho nitro benzene ring substituents is 1. The number of hydrogen-bond donors (Lipinski definition) is 0. The van der Waals surface area contributed by atoms with Gasteiger partial charge in [0.2, 0.25) is 15.6 Å². The molecule has 13 heteroatoms. The lowest BCUT2D eigenvalue weighted by Crippen LogP contribution is -2.38. The van der Waals surface area contributed by atoms with E-state index in [2.05, 4.69) is 0 Å². The molecule has 10 nitrogen and oxygen atoms in total. The second-order valence-corrected chi connectivity index (χ2v) is 6.63. The predicted molar refractivity (Wildman–Crippen MR) is 79.4 cm³/mol. The summed E-state index contributed by atoms with van der Waals surface area (Å²) in [6.45, 7) is 0. The molecule has 1 heterocycles. The fourth-order valence-corrected chi connectivity index (χ4v) is 2.36. The Morgan fingerprint density at radius 2 is 1.61 bits per heavy atom. The number of halogens is 3. The molecule has 122 valence electrons. The first-order valence-electron chi connectivity index (χ1n) is 5.58. The predicted octanol–water partition coefficient (Wildman–Crippen LogP) is 3.25. The highest BCUT2D eigenvalue weighted by atomic mass is 35.6. The Morgan fingerprint density at radius 1 is 1.00 bits per heavy atom. The highest BCUT2D eigenvalue weighted by molar-refractivity contribution is 6.68. The third kappa shape index (κ3) is 3.28. The van der Waals surface area contributed by atoms with Crippen LogP contribution in [-0.2, 0) is 0 Å². The summed E-state index contributed by atoms with van der Waals surface area (Å²) in [5.74, 6) is -0.456. The van der Waals surface area contributed by atoms with E-state index in [1.54, 1.807) is 0 Å². The molecule has 0 fully saturated rings. The smallest absolute Gasteiger partial charge is 0.318 e. The van der Waals surface area contributed by atoms with Crippen LogP contribution >= 0.6 is 34.8 Å². The van der Waals surface area contributed by atoms with Crippen LogP contribution in [0, 0.1) is 30.3 Å². The molecule has 1 unspecified atom stereocenters. The molecule has 1 aromatic rings. The molecule has 1 aromatic carbocycles. The van der Waals surface area contributed by atoms with Gasteiger partial charge in [-0.3, -0.25) is 30.3 Å². The number of fused-ring (bicyclic) bond motifs is 1. The van der Waals surface area contributed by atoms with Crippen molar-refractivity contribution in [2.75, 3.05) is 0 Å². The van der Waals surface area contributed by atoms with Gasteiger partial charge in [0.15, 0.2) is 0 Å². The summed E-state index contributed by atoms with van der Waals surface area (Å²) in [5.41, 5.74) is -2.34. The lowest BCUT2D eigenvalue weighted by Gasteiger charge is -2.26. The average molecular weight is 385 g/mol. The Balaban J connectivity index is 2.74. The van der Waals surface area contributed by atoms with Crippen molar-refractivity contribution in [1.82, 2.24) is 0 Å². The fourth-order valence-electron chi connectivity index (χ4n) is 1.89. The molecule has 1 atom stereocenters. The summed E-state index contributed by atoms with van der Waals surface area (Å²) < 4.78 is 2.84. The van der Waals surface area contributed by atoms with Gasteiger partial charge in [-0.1, -0.05) is 34.8 Å². The molecular weight excluding hydrogens is 380 g/mol. The van der Waals surface area contributed by atoms with Crippen molar-refractivity contribution in [2.45, 2.75) is 9.90 Å². The topological polar surface area (TPSA) is 139 Å². The molecule has 0 radical (unpaired) electrons. The summed E-state index contributed by atoms with van der Waals surface area (Å²) in [6, 6.07) is 1.54. The molecule has 2 rings (SSSR count). The Hall–Kier alpha value is -2.17. The maximum Gasteiger partial charge on any atom is 0.318 e. The van der Waals surface area contributed by atoms with Gasteiger partial charge in [-0.05, 0) is 0 Å². The molecule has 0 saturated carbocycles. The van der Waals surface area contributed by atoms with Gasteiger partial charge in [-0.15, -0.1) is 0 Å². The number of rotatable bonds is 3. The van der Waals surface area contributed by atoms with Crippen LogP contribution in [0.25, 0.3) is 6.08 Å². The fraction of sp³-hybridized carbons (Fsp3) is 0.200. The van der Waals surface area contributed by atoms with Gasteiger partial charge in [0, 0.05) is 17.7 Å². The largest absolute Gasteiger partial charge is 0.467 e. The van der Waals surface area contributed by atoms with Crippen molar-refractivity contribution < 1.29 is 19.5 Å². The molecule has 0 bridgehead atoms. The van der Waals surface area contributed by atoms with Crippen molar-refractivity contribution in [3.63, 3.8) is 0 Å². The monoisotopic (exact) mass is 383 g/mol. The van der Waals surface area contributed by atoms with Gasteiger partial charge >= 0.3 is 5.69 Å². The zero-order valence-electron chi connectivity index (χ0n) is 10.6. The van der Waals surface area contributed by atoms with Crippen LogP contribution in [0.3, 0.4) is 0 Å². The number of hydrogen-bond acceptors (Lipinski definition) is 7. The van der Waals surface area contributed by atoms with Crippen LogP contribution in [0.1, 0.15) is 5.56 Å². The third-order valence-electron chi connectivity index (χ3n) is 2.81. The van der Waals surface area contributed by atoms with E-state index < -0.39 is 47.5 Å². The molecule has 0 aromatic heterocycles. The van der Waals surface area contributed by atoms with Gasteiger partial charge in [-0.25, -0.2) is 0 Å². The minimum absolute atomic E-state index is 0.233. The van der Waals surface area contributed by atoms with Gasteiger partial charge in [0.1, 0.15) is 0 Å². The Bertz CT molecular complexity index is 759. The number of nitro groups is 3. The van der Waals surface area contributed by atoms with Crippen molar-refractivity contribution in [1.29, 1.82) is 0 Å². The van der Waals surface area contributed by atoms with Crippen molar-refractivity contribution >= 4 is 52.3 Å². The minimum atomic E-state index is -2.29. The normalized spacial score (nSPS) is 16.8. The number of alkyl halides is 3. The first-order chi connectivity index (χ1) is 10.5. The molecule has 23 heavy (non-hydrogen) atoms. The molecule has 0 spiro atoms. The molecule has 0 saturated heterocycles. The molecular formula is C10H4Cl3N3O7. The summed E-state index contributed by atoms with van der Waals surface area (Å²) in [5, 5.41) is 33.0. The number of ether oxygens (including phenoxy) is 1. The van der Waals surface area contributed by atoms with E-state index in [1.807, 2.05) is 0 Å². The van der Waals surface area contributed by atoms with Crippen molar-refractivity contribution in [3.05, 3.63) is 53.7 Å². The van der Waals surface area contributed by atoms with Gasteiger partial charge in [0.25, 0.3) is 11.4 Å². The van der Waals surface area contributed by atoms with Crippen molar-refractivity contribution in [3.8, 4) is 5.75 Å². The lowest BCUT2D eigenvalue weighted by molar-refractivity contribution is -0.434. The first-order valence-corrected chi connectivity index (χ1v) is 6.72. The van der Waals surface area contributed by atoms with Crippen LogP contribution in [-0.4, -0.2) is 24.7 Å². The third-order valence-corrected chi connectivity index (χ3v) is 3.40. The summed E-state index contributed by atoms with van der Waals surface area (Å²) in [7, 11) is 0. The first kappa shape index (κ1) is 17.2. The quantitative estimate of drug-likeness (QED) is 0.442. The highest BCUT2D eigenvalue weighted by Crippen LogP contribution is 2.46. The van der Waals surface area contributed by atoms with Crippen LogP contribution in [0.2, 0.25) is 0 Å². The SMILES string of the molecule is O=[N+]([O-])C1=Cc2cc([N+](=O)[O-])cc([N+](=O)[O-])c2OC1C(Cl)(Cl)Cl. The average Bonchev–Trinajstić information content (AvgIpc) is 2.43. The molecule has 1 aliphatic heterocycles. The maximum absolute atomic E-state index is 11.1. The second-order valence-electron chi connectivity index (χ2n) is 4.26. The lowest BCUT2D eigenvalue weighted by atomic mass is 10.1. The van der Waals surface area contributed by atoms with E-state index in [4.69, 9.17) is 39.5 Å². The van der Waals surface area contributed by atoms with Gasteiger partial charge < -0.3 is 4.74 Å². The Labute approximate surface area is 141 Å². The van der Waals surface area contributed by atoms with E-state index >= 15 is 0 Å². The molecule has 0 amide bonds. The summed E-state index contributed by atoms with van der Waals surface area (Å²) in [4.78, 5) is 30.2. The van der Waals surface area contributed by atoms with E-state index in [-0.39, 0.29) is 5.56 Å². The highest BCUT2D eigenvalue weighted by Gasteiger charge is 2.48. The second kappa shape index (κ2) is 5.80. The minimum Gasteiger partial charge on any atom is -0.467 e. The zero-order valence-corrected chi connectivity index (χ0v) is 12.9. The molecule has 1 aliphatic rings. The van der Waals surface area contributed by atoms with Crippen LogP contribution in [0.4, 0.5) is 11.4 Å². The van der Waals surface area contributed by atoms with E-state index in [1.165, 1.54) is 0 Å². The van der Waals surface area contributed by atoms with E-state index in [0.717, 1.165) is 12.1 Å². The number of benzene rings is 1. The number of nitro benzene ring substituents is 2. The zero-order chi connectivity index (χ0) is 17.5. The summed E-state index contributed by atoms with van der Waals surface area (Å²) >= 11 is 16.8. The number of nitrogens with zero attached hydrogens (tertiary/aromatic N) is 3. The van der Waals surface area contributed by atoms with E-state index in [9.17, 15) is 30.3 Å². The van der Waals surface area contributed by atoms with Crippen molar-refractivity contribution in [2.24, 2.45) is 0 Å². The molecule has 0 aliphatic carbocycles. The van der Waals surface area contributed by atoms with E-state index in [0.29, 0.717) is 6.07 Å². The molecule has 0 N–H and O–H groups in total. The van der Waals surface area contributed by atoms with Gasteiger partial charge in [0.05, 0.1) is 20.8 Å².